The van der Waals surface area contributed by atoms with Crippen LogP contribution >= 0.6 is 11.3 Å². The number of rotatable bonds is 6. The molecule has 4 heterocycles. The highest BCUT2D eigenvalue weighted by atomic mass is 32.1. The summed E-state index contributed by atoms with van der Waals surface area (Å²) in [6.45, 7) is 8.58. The summed E-state index contributed by atoms with van der Waals surface area (Å²) in [5.74, 6) is 0. The van der Waals surface area contributed by atoms with E-state index in [1.807, 2.05) is 0 Å². The lowest BCUT2D eigenvalue weighted by molar-refractivity contribution is 0.217. The van der Waals surface area contributed by atoms with Crippen molar-refractivity contribution in [1.82, 2.24) is 24.6 Å². The van der Waals surface area contributed by atoms with Crippen molar-refractivity contribution in [1.29, 1.82) is 0 Å². The van der Waals surface area contributed by atoms with E-state index in [1.165, 1.54) is 43.6 Å². The van der Waals surface area contributed by atoms with Gasteiger partial charge in [-0.05, 0) is 43.6 Å². The minimum atomic E-state index is 0.980. The van der Waals surface area contributed by atoms with Crippen molar-refractivity contribution >= 4 is 16.5 Å². The number of hydrogen-bond donors (Lipinski definition) is 0. The molecule has 0 bridgehead atoms. The number of piperidine rings is 1. The summed E-state index contributed by atoms with van der Waals surface area (Å²) in [7, 11) is 0. The lowest BCUT2D eigenvalue weighted by Crippen LogP contribution is -2.45. The Balaban J connectivity index is 1.20. The second kappa shape index (κ2) is 9.29. The van der Waals surface area contributed by atoms with Crippen LogP contribution in [0.1, 0.15) is 30.5 Å². The van der Waals surface area contributed by atoms with E-state index in [9.17, 15) is 0 Å². The van der Waals surface area contributed by atoms with Gasteiger partial charge < -0.3 is 4.90 Å². The van der Waals surface area contributed by atoms with Crippen molar-refractivity contribution in [3.63, 3.8) is 0 Å². The number of likely N-dealkylation sites (tertiary alicyclic amines) is 1. The third-order valence-electron chi connectivity index (χ3n) is 6.17. The van der Waals surface area contributed by atoms with Gasteiger partial charge in [-0.15, -0.1) is 10.2 Å². The quantitative estimate of drug-likeness (QED) is 0.607. The van der Waals surface area contributed by atoms with Gasteiger partial charge in [-0.25, -0.2) is 0 Å². The Morgan fingerprint density at radius 1 is 0.700 bits per heavy atom. The first-order chi connectivity index (χ1) is 14.8. The minimum Gasteiger partial charge on any atom is -0.344 e. The van der Waals surface area contributed by atoms with Gasteiger partial charge in [-0.3, -0.25) is 14.4 Å². The minimum absolute atomic E-state index is 0.980. The molecule has 2 aliphatic heterocycles. The Morgan fingerprint density at radius 2 is 1.43 bits per heavy atom. The second-order valence-corrected chi connectivity index (χ2v) is 9.26. The van der Waals surface area contributed by atoms with Crippen LogP contribution in [0, 0.1) is 0 Å². The third-order valence-corrected chi connectivity index (χ3v) is 7.15. The van der Waals surface area contributed by atoms with E-state index in [0.29, 0.717) is 0 Å². The van der Waals surface area contributed by atoms with Gasteiger partial charge in [0.25, 0.3) is 0 Å². The number of nitrogens with zero attached hydrogens (tertiary/aromatic N) is 6. The summed E-state index contributed by atoms with van der Waals surface area (Å²) >= 11 is 1.71. The van der Waals surface area contributed by atoms with E-state index >= 15 is 0 Å². The molecule has 158 valence electrons. The van der Waals surface area contributed by atoms with Crippen LogP contribution < -0.4 is 4.90 Å². The predicted octanol–water partition coefficient (Wildman–Crippen LogP) is 3.64. The normalized spacial score (nSPS) is 18.7. The molecule has 0 aliphatic carbocycles. The maximum Gasteiger partial charge on any atom is 0.218 e. The van der Waals surface area contributed by atoms with Gasteiger partial charge in [0.1, 0.15) is 0 Å². The summed E-state index contributed by atoms with van der Waals surface area (Å²) < 4.78 is 2.22. The molecule has 2 aromatic heterocycles. The summed E-state index contributed by atoms with van der Waals surface area (Å²) in [6.07, 6.45) is 6.14. The van der Waals surface area contributed by atoms with Crippen molar-refractivity contribution in [3.8, 4) is 5.13 Å². The molecule has 7 heteroatoms. The monoisotopic (exact) mass is 422 g/mol. The van der Waals surface area contributed by atoms with Gasteiger partial charge >= 0.3 is 0 Å². The standard InChI is InChI=1S/C23H30N6S/c1-3-8-20(9-4-1)18-27-14-16-28(17-15-27)22-24-25-23(30-22)29-13-7-10-21(29)19-26-11-5-2-6-12-26/h1,3-4,7-10,13H,2,5-6,11-12,14-19H2. The van der Waals surface area contributed by atoms with Gasteiger partial charge in [0, 0.05) is 51.2 Å². The first-order valence-corrected chi connectivity index (χ1v) is 11.9. The first-order valence-electron chi connectivity index (χ1n) is 11.1. The molecular formula is C23H30N6S. The largest absolute Gasteiger partial charge is 0.344 e. The molecule has 0 unspecified atom stereocenters. The number of piperazine rings is 1. The van der Waals surface area contributed by atoms with Crippen molar-refractivity contribution in [2.24, 2.45) is 0 Å². The molecule has 5 rings (SSSR count). The summed E-state index contributed by atoms with van der Waals surface area (Å²) in [5, 5.41) is 11.1. The van der Waals surface area contributed by atoms with E-state index in [-0.39, 0.29) is 0 Å². The molecule has 6 nitrogen and oxygen atoms in total. The van der Waals surface area contributed by atoms with Crippen molar-refractivity contribution in [3.05, 3.63) is 59.9 Å². The van der Waals surface area contributed by atoms with Crippen molar-refractivity contribution < 1.29 is 0 Å². The molecule has 0 radical (unpaired) electrons. The van der Waals surface area contributed by atoms with Crippen LogP contribution in [-0.4, -0.2) is 63.8 Å². The number of aromatic nitrogens is 3. The summed E-state index contributed by atoms with van der Waals surface area (Å²) in [4.78, 5) is 7.47. The van der Waals surface area contributed by atoms with Crippen molar-refractivity contribution in [2.45, 2.75) is 32.4 Å². The SMILES string of the molecule is c1ccc(CN2CCN(c3nnc(-n4cccc4CN4CCCCC4)s3)CC2)cc1. The molecule has 0 amide bonds. The predicted molar refractivity (Wildman–Crippen MR) is 122 cm³/mol. The van der Waals surface area contributed by atoms with E-state index in [2.05, 4.69) is 78.1 Å². The van der Waals surface area contributed by atoms with Crippen LogP contribution in [0.25, 0.3) is 5.13 Å². The van der Waals surface area contributed by atoms with Gasteiger partial charge in [-0.1, -0.05) is 48.1 Å². The van der Waals surface area contributed by atoms with Crippen LogP contribution in [0.4, 0.5) is 5.13 Å². The molecule has 0 atom stereocenters. The zero-order chi connectivity index (χ0) is 20.2. The molecule has 2 aliphatic rings. The van der Waals surface area contributed by atoms with Crippen LogP contribution in [0.3, 0.4) is 0 Å². The number of anilines is 1. The highest BCUT2D eigenvalue weighted by Crippen LogP contribution is 2.26. The third kappa shape index (κ3) is 4.58. The molecule has 0 spiro atoms. The number of hydrogen-bond acceptors (Lipinski definition) is 6. The molecule has 2 saturated heterocycles. The Kier molecular flexibility index (Phi) is 6.11. The Morgan fingerprint density at radius 3 is 2.23 bits per heavy atom. The zero-order valence-electron chi connectivity index (χ0n) is 17.5. The Hall–Kier alpha value is -2.22. The summed E-state index contributed by atoms with van der Waals surface area (Å²) in [5.41, 5.74) is 2.70. The van der Waals surface area contributed by atoms with Gasteiger partial charge in [0.15, 0.2) is 0 Å². The molecular weight excluding hydrogens is 392 g/mol. The smallest absolute Gasteiger partial charge is 0.218 e. The Bertz CT molecular complexity index is 922. The maximum atomic E-state index is 4.53. The van der Waals surface area contributed by atoms with Crippen LogP contribution in [0.2, 0.25) is 0 Å². The fourth-order valence-electron chi connectivity index (χ4n) is 4.45. The molecule has 2 fully saturated rings. The lowest BCUT2D eigenvalue weighted by atomic mass is 10.1. The fraction of sp³-hybridized carbons (Fsp3) is 0.478. The lowest BCUT2D eigenvalue weighted by Gasteiger charge is -2.34. The van der Waals surface area contributed by atoms with E-state index in [4.69, 9.17) is 0 Å². The van der Waals surface area contributed by atoms with Gasteiger partial charge in [0.2, 0.25) is 10.3 Å². The highest BCUT2D eigenvalue weighted by molar-refractivity contribution is 7.17. The van der Waals surface area contributed by atoms with E-state index in [1.54, 1.807) is 11.3 Å². The van der Waals surface area contributed by atoms with Crippen LogP contribution in [0.15, 0.2) is 48.7 Å². The molecule has 3 aromatic rings. The van der Waals surface area contributed by atoms with E-state index < -0.39 is 0 Å². The van der Waals surface area contributed by atoms with Crippen LogP contribution in [0.5, 0.6) is 0 Å². The maximum absolute atomic E-state index is 4.53. The van der Waals surface area contributed by atoms with Gasteiger partial charge in [0.05, 0.1) is 0 Å². The summed E-state index contributed by atoms with van der Waals surface area (Å²) in [6, 6.07) is 15.1. The van der Waals surface area contributed by atoms with Gasteiger partial charge in [-0.2, -0.15) is 0 Å². The Labute approximate surface area is 182 Å². The van der Waals surface area contributed by atoms with Crippen LogP contribution in [-0.2, 0) is 13.1 Å². The average molecular weight is 423 g/mol. The zero-order valence-corrected chi connectivity index (χ0v) is 18.3. The molecule has 30 heavy (non-hydrogen) atoms. The highest BCUT2D eigenvalue weighted by Gasteiger charge is 2.21. The fourth-order valence-corrected chi connectivity index (χ4v) is 5.37. The second-order valence-electron chi connectivity index (χ2n) is 8.32. The topological polar surface area (TPSA) is 40.4 Å². The molecule has 1 aromatic carbocycles. The first kappa shape index (κ1) is 19.7. The molecule has 0 saturated carbocycles. The van der Waals surface area contributed by atoms with E-state index in [0.717, 1.165) is 49.5 Å². The average Bonchev–Trinajstić information content (AvgIpc) is 3.45. The molecule has 0 N–H and O–H groups in total. The van der Waals surface area contributed by atoms with Crippen molar-refractivity contribution in [2.75, 3.05) is 44.2 Å². The number of benzene rings is 1.